The van der Waals surface area contributed by atoms with Gasteiger partial charge in [-0.2, -0.15) is 0 Å². The number of hydrogen-bond acceptors (Lipinski definition) is 4. The molecule has 0 radical (unpaired) electrons. The molecule has 6 heteroatoms. The van der Waals surface area contributed by atoms with Crippen LogP contribution in [0.5, 0.6) is 0 Å². The van der Waals surface area contributed by atoms with Gasteiger partial charge >= 0.3 is 0 Å². The quantitative estimate of drug-likeness (QED) is 0.507. The van der Waals surface area contributed by atoms with Gasteiger partial charge in [-0.25, -0.2) is 0 Å². The van der Waals surface area contributed by atoms with E-state index in [1.54, 1.807) is 0 Å². The van der Waals surface area contributed by atoms with Crippen molar-refractivity contribution >= 4 is 20.3 Å². The lowest BCUT2D eigenvalue weighted by atomic mass is 9.89. The Morgan fingerprint density at radius 2 is 1.62 bits per heavy atom. The average Bonchev–Trinajstić information content (AvgIpc) is 3.12. The van der Waals surface area contributed by atoms with Crippen molar-refractivity contribution in [3.63, 3.8) is 0 Å². The third kappa shape index (κ3) is 4.11. The van der Waals surface area contributed by atoms with Crippen molar-refractivity contribution in [3.05, 3.63) is 41.6 Å². The van der Waals surface area contributed by atoms with Crippen LogP contribution in [0.1, 0.15) is 74.3 Å². The van der Waals surface area contributed by atoms with E-state index >= 15 is 0 Å². The molecule has 178 valence electrons. The van der Waals surface area contributed by atoms with Gasteiger partial charge in [0.1, 0.15) is 12.2 Å². The van der Waals surface area contributed by atoms with Crippen molar-refractivity contribution < 1.29 is 18.7 Å². The number of amides is 1. The van der Waals surface area contributed by atoms with Crippen LogP contribution in [0.3, 0.4) is 0 Å². The number of hydrogen-bond donors (Lipinski definition) is 1. The smallest absolute Gasteiger partial charge is 0.262 e. The maximum atomic E-state index is 13.6. The Morgan fingerprint density at radius 1 is 1.06 bits per heavy atom. The molecule has 2 fully saturated rings. The fraction of sp³-hybridized carbons (Fsp3) is 0.654. The summed E-state index contributed by atoms with van der Waals surface area (Å²) >= 11 is 0. The van der Waals surface area contributed by atoms with Crippen LogP contribution < -0.4 is 5.32 Å². The molecule has 0 unspecified atom stereocenters. The number of carbonyl (C=O) groups excluding carboxylic acids is 1. The topological polar surface area (TPSA) is 56.8 Å². The number of carbonyl (C=O) groups is 1. The Labute approximate surface area is 195 Å². The van der Waals surface area contributed by atoms with E-state index in [1.165, 1.54) is 0 Å². The third-order valence-electron chi connectivity index (χ3n) is 7.13. The molecule has 2 aliphatic rings. The molecular weight excluding hydrogens is 418 g/mol. The lowest BCUT2D eigenvalue weighted by Crippen LogP contribution is -2.60. The largest absolute Gasteiger partial charge is 0.404 e. The van der Waals surface area contributed by atoms with Crippen LogP contribution in [0.4, 0.5) is 0 Å². The Hall–Kier alpha value is -1.47. The van der Waals surface area contributed by atoms with Crippen LogP contribution >= 0.6 is 0 Å². The molecule has 3 rings (SSSR count). The van der Waals surface area contributed by atoms with Crippen LogP contribution in [0, 0.1) is 0 Å². The van der Waals surface area contributed by atoms with Crippen LogP contribution in [0.2, 0.25) is 16.6 Å². The highest BCUT2D eigenvalue weighted by Gasteiger charge is 2.68. The predicted molar refractivity (Wildman–Crippen MR) is 132 cm³/mol. The molecule has 2 saturated heterocycles. The van der Waals surface area contributed by atoms with Crippen molar-refractivity contribution in [3.8, 4) is 0 Å². The summed E-state index contributed by atoms with van der Waals surface area (Å²) in [4.78, 5) is 13.6. The molecule has 0 saturated carbocycles. The summed E-state index contributed by atoms with van der Waals surface area (Å²) in [6.45, 7) is 19.4. The summed E-state index contributed by atoms with van der Waals surface area (Å²) in [5.74, 6) is -1.03. The average molecular weight is 460 g/mol. The molecule has 1 amide bonds. The molecule has 1 spiro atoms. The standard InChI is InChI=1S/C26H41NO4Si/c1-10-22-26(31-25(8,9)29-22)23(30-32(17(2)3,18(4)5)19(6)7)21(27-24(26)28)16-20-14-12-11-13-15-20/h11-19,22-23H,10H2,1-9H3,(H,27,28)/b21-16-/t22-,23-,26+/m0/s1. The third-order valence-corrected chi connectivity index (χ3v) is 13.2. The van der Waals surface area contributed by atoms with Crippen molar-refractivity contribution in [1.82, 2.24) is 5.32 Å². The van der Waals surface area contributed by atoms with Gasteiger partial charge in [-0.1, -0.05) is 78.8 Å². The first-order valence-corrected chi connectivity index (χ1v) is 14.2. The maximum Gasteiger partial charge on any atom is 0.262 e. The highest BCUT2D eigenvalue weighted by atomic mass is 28.4. The van der Waals surface area contributed by atoms with Gasteiger partial charge in [0.05, 0.1) is 0 Å². The summed E-state index contributed by atoms with van der Waals surface area (Å²) in [7, 11) is -2.33. The molecule has 1 aromatic carbocycles. The number of benzene rings is 1. The zero-order valence-corrected chi connectivity index (χ0v) is 22.2. The molecular formula is C26H41NO4Si. The van der Waals surface area contributed by atoms with E-state index in [1.807, 2.05) is 57.2 Å². The monoisotopic (exact) mass is 459 g/mol. The van der Waals surface area contributed by atoms with Crippen molar-refractivity contribution in [2.24, 2.45) is 0 Å². The van der Waals surface area contributed by atoms with E-state index in [4.69, 9.17) is 13.9 Å². The SMILES string of the molecule is CC[C@@H]1OC(C)(C)O[C@]12C(=O)N/C(=C\c1ccccc1)[C@@H]2O[Si](C(C)C)(C(C)C)C(C)C. The van der Waals surface area contributed by atoms with E-state index < -0.39 is 25.8 Å². The van der Waals surface area contributed by atoms with Gasteiger partial charge in [-0.15, -0.1) is 0 Å². The van der Waals surface area contributed by atoms with Crippen LogP contribution in [0.15, 0.2) is 36.0 Å². The van der Waals surface area contributed by atoms with E-state index in [-0.39, 0.29) is 12.0 Å². The highest BCUT2D eigenvalue weighted by molar-refractivity contribution is 6.77. The Bertz CT molecular complexity index is 827. The summed E-state index contributed by atoms with van der Waals surface area (Å²) in [5, 5.41) is 3.14. The summed E-state index contributed by atoms with van der Waals surface area (Å²) in [6, 6.07) is 10.1. The van der Waals surface area contributed by atoms with E-state index in [0.717, 1.165) is 11.3 Å². The van der Waals surface area contributed by atoms with Crippen molar-refractivity contribution in [1.29, 1.82) is 0 Å². The molecule has 0 aliphatic carbocycles. The van der Waals surface area contributed by atoms with E-state index in [0.29, 0.717) is 23.0 Å². The molecule has 0 bridgehead atoms. The molecule has 32 heavy (non-hydrogen) atoms. The second kappa shape index (κ2) is 9.05. The fourth-order valence-electron chi connectivity index (χ4n) is 5.98. The second-order valence-electron chi connectivity index (χ2n) is 10.6. The molecule has 3 atom stereocenters. The molecule has 2 aliphatic heterocycles. The highest BCUT2D eigenvalue weighted by Crippen LogP contribution is 2.51. The number of ether oxygens (including phenoxy) is 2. The molecule has 0 aromatic heterocycles. The number of rotatable bonds is 7. The molecule has 1 N–H and O–H groups in total. The minimum absolute atomic E-state index is 0.165. The minimum atomic E-state index is -2.33. The summed E-state index contributed by atoms with van der Waals surface area (Å²) in [6.07, 6.45) is 1.76. The first kappa shape index (κ1) is 25.2. The van der Waals surface area contributed by atoms with Gasteiger partial charge in [-0.05, 0) is 48.5 Å². The van der Waals surface area contributed by atoms with Crippen molar-refractivity contribution in [2.45, 2.75) is 109 Å². The van der Waals surface area contributed by atoms with Crippen LogP contribution in [-0.4, -0.2) is 37.8 Å². The first-order valence-electron chi connectivity index (χ1n) is 12.0. The van der Waals surface area contributed by atoms with E-state index in [2.05, 4.69) is 46.9 Å². The van der Waals surface area contributed by atoms with Gasteiger partial charge in [0.25, 0.3) is 5.91 Å². The lowest BCUT2D eigenvalue weighted by molar-refractivity contribution is -0.180. The second-order valence-corrected chi connectivity index (χ2v) is 16.0. The zero-order valence-electron chi connectivity index (χ0n) is 21.2. The molecule has 2 heterocycles. The minimum Gasteiger partial charge on any atom is -0.404 e. The Balaban J connectivity index is 2.20. The van der Waals surface area contributed by atoms with Gasteiger partial charge in [0.2, 0.25) is 13.9 Å². The van der Waals surface area contributed by atoms with E-state index in [9.17, 15) is 4.79 Å². The van der Waals surface area contributed by atoms with Crippen molar-refractivity contribution in [2.75, 3.05) is 0 Å². The maximum absolute atomic E-state index is 13.6. The number of nitrogens with one attached hydrogen (secondary N) is 1. The fourth-order valence-corrected chi connectivity index (χ4v) is 11.5. The predicted octanol–water partition coefficient (Wildman–Crippen LogP) is 6.02. The van der Waals surface area contributed by atoms with Crippen LogP contribution in [0.25, 0.3) is 6.08 Å². The van der Waals surface area contributed by atoms with Crippen LogP contribution in [-0.2, 0) is 18.7 Å². The van der Waals surface area contributed by atoms with Gasteiger partial charge in [0.15, 0.2) is 5.79 Å². The normalized spacial score (nSPS) is 29.1. The Morgan fingerprint density at radius 3 is 2.12 bits per heavy atom. The van der Waals surface area contributed by atoms with Gasteiger partial charge < -0.3 is 19.2 Å². The summed E-state index contributed by atoms with van der Waals surface area (Å²) in [5.41, 5.74) is 1.72. The Kier molecular flexibility index (Phi) is 7.11. The summed E-state index contributed by atoms with van der Waals surface area (Å²) < 4.78 is 20.0. The van der Waals surface area contributed by atoms with Gasteiger partial charge in [0, 0.05) is 5.70 Å². The lowest BCUT2D eigenvalue weighted by Gasteiger charge is -2.46. The molecule has 5 nitrogen and oxygen atoms in total. The van der Waals surface area contributed by atoms with Gasteiger partial charge in [-0.3, -0.25) is 4.79 Å². The zero-order chi connectivity index (χ0) is 23.9. The molecule has 1 aromatic rings. The first-order chi connectivity index (χ1) is 14.9.